The van der Waals surface area contributed by atoms with Gasteiger partial charge in [-0.25, -0.2) is 15.0 Å². The second-order valence-electron chi connectivity index (χ2n) is 3.29. The van der Waals surface area contributed by atoms with Gasteiger partial charge in [0, 0.05) is 13.3 Å². The number of amides is 1. The predicted octanol–water partition coefficient (Wildman–Crippen LogP) is 0.411. The van der Waals surface area contributed by atoms with E-state index in [4.69, 9.17) is 6.57 Å². The summed E-state index contributed by atoms with van der Waals surface area (Å²) in [7, 11) is -3.76. The van der Waals surface area contributed by atoms with Crippen molar-refractivity contribution in [2.75, 3.05) is 12.4 Å². The first-order valence-electron chi connectivity index (χ1n) is 4.65. The lowest BCUT2D eigenvalue weighted by Gasteiger charge is -2.14. The van der Waals surface area contributed by atoms with Gasteiger partial charge in [0.05, 0.1) is 5.75 Å². The second-order valence-corrected chi connectivity index (χ2v) is 5.30. The number of hydrogen-bond donors (Lipinski definition) is 0. The van der Waals surface area contributed by atoms with Crippen LogP contribution in [0.1, 0.15) is 26.7 Å². The molecule has 6 nitrogen and oxygen atoms in total. The molecule has 16 heavy (non-hydrogen) atoms. The van der Waals surface area contributed by atoms with Crippen molar-refractivity contribution in [3.05, 3.63) is 11.4 Å². The maximum atomic E-state index is 11.6. The molecule has 0 aliphatic carbocycles. The van der Waals surface area contributed by atoms with Crippen LogP contribution in [0.3, 0.4) is 0 Å². The summed E-state index contributed by atoms with van der Waals surface area (Å²) in [6.07, 6.45) is 0.322. The highest BCUT2D eigenvalue weighted by Crippen LogP contribution is 2.06. The fraction of sp³-hybridized carbons (Fsp3) is 0.667. The van der Waals surface area contributed by atoms with Crippen molar-refractivity contribution in [3.63, 3.8) is 0 Å². The highest BCUT2D eigenvalue weighted by atomic mass is 32.2. The molecule has 1 amide bonds. The van der Waals surface area contributed by atoms with Crippen LogP contribution in [0.5, 0.6) is 0 Å². The van der Waals surface area contributed by atoms with Crippen LogP contribution < -0.4 is 0 Å². The van der Waals surface area contributed by atoms with Crippen molar-refractivity contribution < 1.29 is 18.0 Å². The largest absolute Gasteiger partial charge is 0.304 e. The molecule has 0 aromatic carbocycles. The monoisotopic (exact) mass is 246 g/mol. The fourth-order valence-corrected chi connectivity index (χ4v) is 2.42. The lowest BCUT2D eigenvalue weighted by molar-refractivity contribution is -0.123. The third-order valence-corrected chi connectivity index (χ3v) is 3.67. The summed E-state index contributed by atoms with van der Waals surface area (Å²) in [6.45, 7) is 8.52. The molecule has 0 aliphatic rings. The summed E-state index contributed by atoms with van der Waals surface area (Å²) in [6, 6.07) is 0. The molecule has 0 heterocycles. The van der Waals surface area contributed by atoms with Gasteiger partial charge in [-0.05, 0) is 13.3 Å². The highest BCUT2D eigenvalue weighted by molar-refractivity contribution is 7.89. The van der Waals surface area contributed by atoms with Gasteiger partial charge in [0.2, 0.25) is 15.9 Å². The van der Waals surface area contributed by atoms with E-state index in [1.807, 2.05) is 0 Å². The number of nitrogens with zero attached hydrogens (tertiary/aromatic N) is 2. The predicted molar refractivity (Wildman–Crippen MR) is 57.7 cm³/mol. The zero-order chi connectivity index (χ0) is 12.8. The first-order valence-corrected chi connectivity index (χ1v) is 6.26. The number of carbonyl (C=O) groups excluding carboxylic acids is 2. The van der Waals surface area contributed by atoms with Gasteiger partial charge in [0.15, 0.2) is 0 Å². The molecule has 0 aromatic rings. The van der Waals surface area contributed by atoms with E-state index in [9.17, 15) is 18.0 Å². The lowest BCUT2D eigenvalue weighted by atomic mass is 10.3. The van der Waals surface area contributed by atoms with E-state index in [1.54, 1.807) is 0 Å². The minimum Gasteiger partial charge on any atom is -0.300 e. The summed E-state index contributed by atoms with van der Waals surface area (Å²) in [4.78, 5) is 24.5. The Labute approximate surface area is 95.1 Å². The molecule has 0 unspecified atom stereocenters. The first kappa shape index (κ1) is 14.6. The van der Waals surface area contributed by atoms with Crippen LogP contribution in [-0.4, -0.2) is 36.8 Å². The molecule has 7 heteroatoms. The Kier molecular flexibility index (Phi) is 5.67. The average molecular weight is 246 g/mol. The molecule has 0 rings (SSSR count). The van der Waals surface area contributed by atoms with Gasteiger partial charge in [0.1, 0.15) is 5.78 Å². The Morgan fingerprint density at radius 1 is 1.31 bits per heavy atom. The SMILES string of the molecule is [C-]#[N+]CN(C(C)=O)S(=O)(=O)CCCC(C)=O. The Balaban J connectivity index is 4.56. The molecule has 0 fully saturated rings. The van der Waals surface area contributed by atoms with Crippen molar-refractivity contribution in [2.45, 2.75) is 26.7 Å². The number of hydrogen-bond acceptors (Lipinski definition) is 4. The molecule has 0 bridgehead atoms. The quantitative estimate of drug-likeness (QED) is 0.636. The lowest BCUT2D eigenvalue weighted by Crippen LogP contribution is -2.36. The zero-order valence-corrected chi connectivity index (χ0v) is 10.1. The van der Waals surface area contributed by atoms with Crippen molar-refractivity contribution in [1.82, 2.24) is 4.31 Å². The molecule has 0 saturated carbocycles. The van der Waals surface area contributed by atoms with Gasteiger partial charge in [0.25, 0.3) is 0 Å². The Morgan fingerprint density at radius 2 is 1.88 bits per heavy atom. The molecule has 0 saturated heterocycles. The number of carbonyl (C=O) groups is 2. The van der Waals surface area contributed by atoms with Gasteiger partial charge in [-0.2, -0.15) is 4.31 Å². The van der Waals surface area contributed by atoms with Crippen molar-refractivity contribution >= 4 is 21.7 Å². The summed E-state index contributed by atoms with van der Waals surface area (Å²) in [5.41, 5.74) is 0. The minimum absolute atomic E-state index is 0.102. The van der Waals surface area contributed by atoms with Crippen LogP contribution in [0, 0.1) is 6.57 Å². The molecule has 0 spiro atoms. The van der Waals surface area contributed by atoms with Crippen molar-refractivity contribution in [2.24, 2.45) is 0 Å². The second kappa shape index (κ2) is 6.23. The first-order chi connectivity index (χ1) is 7.31. The minimum atomic E-state index is -3.76. The van der Waals surface area contributed by atoms with Crippen molar-refractivity contribution in [3.8, 4) is 0 Å². The number of sulfonamides is 1. The summed E-state index contributed by atoms with van der Waals surface area (Å²) in [5.74, 6) is -1.07. The van der Waals surface area contributed by atoms with E-state index in [2.05, 4.69) is 4.85 Å². The van der Waals surface area contributed by atoms with Crippen LogP contribution in [0.2, 0.25) is 0 Å². The van der Waals surface area contributed by atoms with Crippen LogP contribution in [0.4, 0.5) is 0 Å². The summed E-state index contributed by atoms with van der Waals surface area (Å²) >= 11 is 0. The number of rotatable bonds is 6. The van der Waals surface area contributed by atoms with Gasteiger partial charge in [-0.15, -0.1) is 0 Å². The summed E-state index contributed by atoms with van der Waals surface area (Å²) in [5, 5.41) is 0. The molecular weight excluding hydrogens is 232 g/mol. The van der Waals surface area contributed by atoms with Gasteiger partial charge in [-0.3, -0.25) is 9.64 Å². The molecule has 0 aliphatic heterocycles. The van der Waals surface area contributed by atoms with Crippen LogP contribution in [-0.2, 0) is 19.6 Å². The normalized spacial score (nSPS) is 10.6. The van der Waals surface area contributed by atoms with E-state index >= 15 is 0 Å². The molecule has 90 valence electrons. The Morgan fingerprint density at radius 3 is 2.25 bits per heavy atom. The Hall–Kier alpha value is -1.42. The third kappa shape index (κ3) is 4.89. The molecule has 0 aromatic heterocycles. The smallest absolute Gasteiger partial charge is 0.300 e. The zero-order valence-electron chi connectivity index (χ0n) is 9.26. The van der Waals surface area contributed by atoms with E-state index in [-0.39, 0.29) is 24.4 Å². The standard InChI is InChI=1S/C9H14N2O4S/c1-8(12)5-4-6-16(14,15)11(7-10-3)9(2)13/h4-7H2,1-2H3. The maximum Gasteiger partial charge on any atom is 0.304 e. The molecule has 0 N–H and O–H groups in total. The molecule has 0 radical (unpaired) electrons. The fourth-order valence-electron chi connectivity index (χ4n) is 1.06. The van der Waals surface area contributed by atoms with Gasteiger partial charge < -0.3 is 4.79 Å². The van der Waals surface area contributed by atoms with Gasteiger partial charge in [-0.1, -0.05) is 0 Å². The van der Waals surface area contributed by atoms with Crippen LogP contribution in [0.25, 0.3) is 4.85 Å². The van der Waals surface area contributed by atoms with Crippen LogP contribution >= 0.6 is 0 Å². The average Bonchev–Trinajstić information content (AvgIpc) is 2.12. The van der Waals surface area contributed by atoms with Crippen LogP contribution in [0.15, 0.2) is 0 Å². The van der Waals surface area contributed by atoms with Crippen molar-refractivity contribution in [1.29, 1.82) is 0 Å². The topological polar surface area (TPSA) is 75.9 Å². The Bertz CT molecular complexity index is 408. The highest BCUT2D eigenvalue weighted by Gasteiger charge is 2.26. The number of Topliss-reactive ketones (excluding diaryl/α,β-unsaturated/α-hetero) is 1. The number of ketones is 1. The van der Waals surface area contributed by atoms with Gasteiger partial charge >= 0.3 is 6.67 Å². The molecular formula is C9H14N2O4S. The molecule has 0 atom stereocenters. The maximum absolute atomic E-state index is 11.6. The summed E-state index contributed by atoms with van der Waals surface area (Å²) < 4.78 is 23.7. The van der Waals surface area contributed by atoms with E-state index in [0.29, 0.717) is 4.31 Å². The third-order valence-electron chi connectivity index (χ3n) is 1.82. The van der Waals surface area contributed by atoms with E-state index in [0.717, 1.165) is 6.92 Å². The van der Waals surface area contributed by atoms with E-state index < -0.39 is 22.6 Å². The van der Waals surface area contributed by atoms with E-state index in [1.165, 1.54) is 6.92 Å².